The number of carbonyl (C=O) groups excluding carboxylic acids is 1. The summed E-state index contributed by atoms with van der Waals surface area (Å²) >= 11 is 0. The van der Waals surface area contributed by atoms with Crippen LogP contribution in [0.25, 0.3) is 10.9 Å². The van der Waals surface area contributed by atoms with E-state index in [1.807, 2.05) is 11.5 Å². The lowest BCUT2D eigenvalue weighted by Gasteiger charge is -2.34. The molecule has 1 amide bonds. The van der Waals surface area contributed by atoms with Crippen LogP contribution in [-0.2, 0) is 11.3 Å². The van der Waals surface area contributed by atoms with Crippen LogP contribution in [0.3, 0.4) is 0 Å². The molecule has 0 aliphatic carbocycles. The second kappa shape index (κ2) is 9.38. The number of ether oxygens (including phenoxy) is 3. The number of hydrogen-bond donors (Lipinski definition) is 2. The number of hydrogen-bond acceptors (Lipinski definition) is 8. The van der Waals surface area contributed by atoms with Crippen molar-refractivity contribution >= 4 is 28.4 Å². The van der Waals surface area contributed by atoms with Crippen LogP contribution in [-0.4, -0.2) is 71.5 Å². The van der Waals surface area contributed by atoms with Crippen LogP contribution in [0, 0.1) is 11.6 Å². The molecule has 2 aromatic carbocycles. The molecule has 0 saturated carbocycles. The molecule has 4 heterocycles. The number of aromatic nitrogens is 1. The van der Waals surface area contributed by atoms with Gasteiger partial charge in [0.2, 0.25) is 0 Å². The minimum atomic E-state index is -1.43. The van der Waals surface area contributed by atoms with Gasteiger partial charge in [-0.15, -0.1) is 0 Å². The Hall–Kier alpha value is -3.90. The van der Waals surface area contributed by atoms with Crippen molar-refractivity contribution in [3.63, 3.8) is 0 Å². The molecule has 39 heavy (non-hydrogen) atoms. The van der Waals surface area contributed by atoms with E-state index in [1.165, 1.54) is 29.2 Å². The molecule has 3 aliphatic heterocycles. The number of aliphatic hydroxyl groups is 2. The Morgan fingerprint density at radius 1 is 1.18 bits per heavy atom. The van der Waals surface area contributed by atoms with Gasteiger partial charge >= 0.3 is 6.09 Å². The number of amides is 1. The number of nitrogens with zero attached hydrogens (tertiary/aromatic N) is 3. The van der Waals surface area contributed by atoms with E-state index in [1.54, 1.807) is 11.1 Å². The number of carbonyl (C=O) groups is 1. The number of aliphatic hydroxyl groups excluding tert-OH is 1. The smallest absolute Gasteiger partial charge is 0.414 e. The fourth-order valence-electron chi connectivity index (χ4n) is 5.64. The summed E-state index contributed by atoms with van der Waals surface area (Å²) in [6.45, 7) is 2.13. The molecular formula is C27H27F2N3O7. The van der Waals surface area contributed by atoms with Crippen LogP contribution in [0.1, 0.15) is 13.3 Å². The van der Waals surface area contributed by atoms with Gasteiger partial charge in [0.05, 0.1) is 42.3 Å². The highest BCUT2D eigenvalue weighted by molar-refractivity contribution is 5.92. The fourth-order valence-corrected chi connectivity index (χ4v) is 5.64. The van der Waals surface area contributed by atoms with Crippen molar-refractivity contribution in [1.82, 2.24) is 4.57 Å². The van der Waals surface area contributed by atoms with Crippen LogP contribution in [0.2, 0.25) is 0 Å². The zero-order valence-electron chi connectivity index (χ0n) is 21.1. The molecule has 10 nitrogen and oxygen atoms in total. The molecule has 2 saturated heterocycles. The van der Waals surface area contributed by atoms with E-state index in [-0.39, 0.29) is 79.1 Å². The third-order valence-corrected chi connectivity index (χ3v) is 7.51. The first-order valence-electron chi connectivity index (χ1n) is 12.7. The minimum Gasteiger partial charge on any atom is -0.487 e. The largest absolute Gasteiger partial charge is 0.487 e. The first-order chi connectivity index (χ1) is 18.7. The molecule has 2 fully saturated rings. The summed E-state index contributed by atoms with van der Waals surface area (Å²) in [5, 5.41) is 20.8. The van der Waals surface area contributed by atoms with Crippen molar-refractivity contribution in [1.29, 1.82) is 0 Å². The van der Waals surface area contributed by atoms with Gasteiger partial charge in [-0.3, -0.25) is 9.69 Å². The Bertz CT molecular complexity index is 1530. The van der Waals surface area contributed by atoms with E-state index in [0.717, 1.165) is 6.07 Å². The van der Waals surface area contributed by atoms with Gasteiger partial charge in [-0.2, -0.15) is 0 Å². The molecular weight excluding hydrogens is 516 g/mol. The van der Waals surface area contributed by atoms with Crippen molar-refractivity contribution in [3.8, 4) is 11.5 Å². The first-order valence-corrected chi connectivity index (χ1v) is 12.7. The van der Waals surface area contributed by atoms with Gasteiger partial charge in [-0.05, 0) is 25.1 Å². The lowest BCUT2D eigenvalue weighted by molar-refractivity contribution is 0.00980. The lowest BCUT2D eigenvalue weighted by atomic mass is 10.0. The van der Waals surface area contributed by atoms with Crippen LogP contribution in [0.5, 0.6) is 11.5 Å². The highest BCUT2D eigenvalue weighted by atomic mass is 19.1. The van der Waals surface area contributed by atoms with Crippen LogP contribution >= 0.6 is 0 Å². The number of anilines is 2. The van der Waals surface area contributed by atoms with Gasteiger partial charge in [0.1, 0.15) is 30.6 Å². The van der Waals surface area contributed by atoms with Crippen molar-refractivity contribution in [2.45, 2.75) is 37.6 Å². The summed E-state index contributed by atoms with van der Waals surface area (Å²) in [7, 11) is 0. The molecule has 3 aromatic rings. The van der Waals surface area contributed by atoms with E-state index in [0.29, 0.717) is 12.1 Å². The van der Waals surface area contributed by atoms with E-state index in [9.17, 15) is 24.2 Å². The summed E-state index contributed by atoms with van der Waals surface area (Å²) in [6, 6.07) is 6.21. The molecule has 0 radical (unpaired) electrons. The Balaban J connectivity index is 1.22. The van der Waals surface area contributed by atoms with Gasteiger partial charge < -0.3 is 33.9 Å². The third kappa shape index (κ3) is 4.23. The standard InChI is InChI=1S/C27H27F2N3O7/c1-2-30-6-5-21(34)18-8-20(29)24-25(23(18)30)37-12-16-9-27(36,13-32(16)24)14-38-22-4-3-15(7-19(22)28)31-10-17(11-33)39-26(31)35/h3-8,16-17,33,36H,2,9-14H2,1H3/t16-,17+,27-/m0/s1. The number of rotatable bonds is 6. The summed E-state index contributed by atoms with van der Waals surface area (Å²) in [5.74, 6) is -1.22. The predicted octanol–water partition coefficient (Wildman–Crippen LogP) is 2.40. The number of cyclic esters (lactones) is 1. The maximum absolute atomic E-state index is 15.4. The Labute approximate surface area is 221 Å². The molecule has 2 N–H and O–H groups in total. The van der Waals surface area contributed by atoms with Crippen LogP contribution in [0.15, 0.2) is 41.3 Å². The van der Waals surface area contributed by atoms with Gasteiger partial charge in [0.25, 0.3) is 0 Å². The molecule has 12 heteroatoms. The highest BCUT2D eigenvalue weighted by Gasteiger charge is 2.48. The number of halogens is 2. The molecule has 3 aliphatic rings. The second-order valence-corrected chi connectivity index (χ2v) is 10.1. The predicted molar refractivity (Wildman–Crippen MR) is 137 cm³/mol. The third-order valence-electron chi connectivity index (χ3n) is 7.51. The number of aryl methyl sites for hydroxylation is 1. The molecule has 1 aromatic heterocycles. The molecule has 206 valence electrons. The van der Waals surface area contributed by atoms with Crippen molar-refractivity contribution in [2.24, 2.45) is 0 Å². The van der Waals surface area contributed by atoms with Crippen LogP contribution in [0.4, 0.5) is 25.0 Å². The van der Waals surface area contributed by atoms with E-state index < -0.39 is 29.4 Å². The zero-order valence-corrected chi connectivity index (χ0v) is 21.1. The van der Waals surface area contributed by atoms with Gasteiger partial charge in [-0.25, -0.2) is 13.6 Å². The number of fused-ring (bicyclic) bond motifs is 5. The Morgan fingerprint density at radius 2 is 2.00 bits per heavy atom. The maximum atomic E-state index is 15.4. The lowest BCUT2D eigenvalue weighted by Crippen LogP contribution is -2.41. The van der Waals surface area contributed by atoms with Gasteiger partial charge in [-0.1, -0.05) is 0 Å². The van der Waals surface area contributed by atoms with Crippen molar-refractivity contribution < 1.29 is 38.0 Å². The SMILES string of the molecule is CCn1ccc(=O)c2cc(F)c3c(c21)OC[C@@H]1C[C@@](O)(COc2ccc(N4C[C@H](CO)OC4=O)cc2F)CN31. The average molecular weight is 544 g/mol. The number of pyridine rings is 1. The average Bonchev–Trinajstić information content (AvgIpc) is 3.47. The monoisotopic (exact) mass is 543 g/mol. The van der Waals surface area contributed by atoms with E-state index in [4.69, 9.17) is 14.2 Å². The Kier molecular flexibility index (Phi) is 6.11. The van der Waals surface area contributed by atoms with E-state index in [2.05, 4.69) is 0 Å². The number of benzene rings is 2. The van der Waals surface area contributed by atoms with Crippen molar-refractivity contribution in [3.05, 3.63) is 58.4 Å². The normalized spacial score (nSPS) is 24.0. The van der Waals surface area contributed by atoms with Gasteiger partial charge in [0.15, 0.2) is 28.6 Å². The fraction of sp³-hybridized carbons (Fsp3) is 0.407. The van der Waals surface area contributed by atoms with Crippen molar-refractivity contribution in [2.75, 3.05) is 42.7 Å². The summed E-state index contributed by atoms with van der Waals surface area (Å²) in [4.78, 5) is 27.4. The minimum absolute atomic E-state index is 0.0154. The maximum Gasteiger partial charge on any atom is 0.414 e. The highest BCUT2D eigenvalue weighted by Crippen LogP contribution is 2.46. The van der Waals surface area contributed by atoms with Crippen LogP contribution < -0.4 is 24.7 Å². The molecule has 0 unspecified atom stereocenters. The second-order valence-electron chi connectivity index (χ2n) is 10.1. The summed E-state index contributed by atoms with van der Waals surface area (Å²) in [6.07, 6.45) is 0.473. The summed E-state index contributed by atoms with van der Waals surface area (Å²) in [5.41, 5.74) is -0.815. The summed E-state index contributed by atoms with van der Waals surface area (Å²) < 4.78 is 48.7. The van der Waals surface area contributed by atoms with E-state index >= 15 is 4.39 Å². The quantitative estimate of drug-likeness (QED) is 0.488. The molecule has 0 bridgehead atoms. The zero-order chi connectivity index (χ0) is 27.5. The van der Waals surface area contributed by atoms with Gasteiger partial charge in [0, 0.05) is 31.3 Å². The first kappa shape index (κ1) is 25.4. The topological polar surface area (TPSA) is 114 Å². The Morgan fingerprint density at radius 3 is 2.72 bits per heavy atom. The molecule has 6 rings (SSSR count). The molecule has 3 atom stereocenters. The molecule has 0 spiro atoms.